The number of nitrogens with zero attached hydrogens (tertiary/aromatic N) is 1. The Bertz CT molecular complexity index is 848. The monoisotopic (exact) mass is 417 g/mol. The minimum Gasteiger partial charge on any atom is -0.493 e. The molecule has 0 atom stereocenters. The molecule has 3 aromatic rings. The molecular formula is C28H32FNO. The summed E-state index contributed by atoms with van der Waals surface area (Å²) in [5.74, 6) is 1.87. The quantitative estimate of drug-likeness (QED) is 0.383. The van der Waals surface area contributed by atoms with Crippen LogP contribution >= 0.6 is 0 Å². The third kappa shape index (κ3) is 6.93. The molecule has 1 saturated carbocycles. The molecule has 2 nitrogen and oxygen atoms in total. The summed E-state index contributed by atoms with van der Waals surface area (Å²) < 4.78 is 18.9. The smallest absolute Gasteiger partial charge is 0.123 e. The van der Waals surface area contributed by atoms with Gasteiger partial charge in [0.1, 0.15) is 11.6 Å². The zero-order chi connectivity index (χ0) is 21.3. The van der Waals surface area contributed by atoms with Crippen LogP contribution in [0.15, 0.2) is 84.9 Å². The lowest BCUT2D eigenvalue weighted by molar-refractivity contribution is 0.142. The van der Waals surface area contributed by atoms with Gasteiger partial charge in [-0.1, -0.05) is 60.7 Å². The Morgan fingerprint density at radius 2 is 1.19 bits per heavy atom. The summed E-state index contributed by atoms with van der Waals surface area (Å²) in [6.07, 6.45) is 4.90. The summed E-state index contributed by atoms with van der Waals surface area (Å²) in [4.78, 5) is 2.60. The average Bonchev–Trinajstić information content (AvgIpc) is 2.81. The molecule has 1 aliphatic carbocycles. The largest absolute Gasteiger partial charge is 0.493 e. The van der Waals surface area contributed by atoms with Crippen molar-refractivity contribution in [2.75, 3.05) is 13.2 Å². The van der Waals surface area contributed by atoms with Crippen molar-refractivity contribution in [1.82, 2.24) is 4.90 Å². The van der Waals surface area contributed by atoms with Gasteiger partial charge in [-0.2, -0.15) is 0 Å². The number of benzene rings is 3. The first-order valence-corrected chi connectivity index (χ1v) is 11.4. The lowest BCUT2D eigenvalue weighted by Gasteiger charge is -2.33. The molecule has 162 valence electrons. The summed E-state index contributed by atoms with van der Waals surface area (Å²) in [5, 5.41) is 0. The normalized spacial score (nSPS) is 18.8. The Labute approximate surface area is 185 Å². The van der Waals surface area contributed by atoms with Crippen LogP contribution in [-0.4, -0.2) is 18.1 Å². The van der Waals surface area contributed by atoms with Crippen LogP contribution in [0.5, 0.6) is 5.75 Å². The van der Waals surface area contributed by atoms with Crippen LogP contribution in [0, 0.1) is 17.7 Å². The summed E-state index contributed by atoms with van der Waals surface area (Å²) >= 11 is 0. The summed E-state index contributed by atoms with van der Waals surface area (Å²) in [7, 11) is 0. The molecule has 0 N–H and O–H groups in total. The van der Waals surface area contributed by atoms with Gasteiger partial charge in [-0.3, -0.25) is 4.90 Å². The molecule has 0 radical (unpaired) electrons. The van der Waals surface area contributed by atoms with Crippen molar-refractivity contribution in [3.05, 3.63) is 102 Å². The maximum atomic E-state index is 13.0. The van der Waals surface area contributed by atoms with E-state index in [4.69, 9.17) is 4.74 Å². The second-order valence-electron chi connectivity index (χ2n) is 8.79. The second-order valence-corrected chi connectivity index (χ2v) is 8.79. The highest BCUT2D eigenvalue weighted by molar-refractivity contribution is 5.22. The van der Waals surface area contributed by atoms with Crippen molar-refractivity contribution in [2.24, 2.45) is 11.8 Å². The molecule has 3 aromatic carbocycles. The van der Waals surface area contributed by atoms with Crippen molar-refractivity contribution < 1.29 is 9.13 Å². The first-order valence-electron chi connectivity index (χ1n) is 11.4. The molecule has 0 heterocycles. The molecule has 1 aliphatic rings. The van der Waals surface area contributed by atoms with Crippen molar-refractivity contribution in [1.29, 1.82) is 0 Å². The van der Waals surface area contributed by atoms with E-state index in [9.17, 15) is 4.39 Å². The molecule has 0 bridgehead atoms. The Hall–Kier alpha value is -2.65. The number of ether oxygens (including phenoxy) is 1. The molecule has 0 amide bonds. The fourth-order valence-electron chi connectivity index (χ4n) is 4.56. The fraction of sp³-hybridized carbons (Fsp3) is 0.357. The fourth-order valence-corrected chi connectivity index (χ4v) is 4.56. The van der Waals surface area contributed by atoms with Gasteiger partial charge in [0.15, 0.2) is 0 Å². The van der Waals surface area contributed by atoms with Gasteiger partial charge in [0.05, 0.1) is 6.61 Å². The van der Waals surface area contributed by atoms with E-state index < -0.39 is 0 Å². The molecule has 31 heavy (non-hydrogen) atoms. The van der Waals surface area contributed by atoms with Gasteiger partial charge in [0.25, 0.3) is 0 Å². The first kappa shape index (κ1) is 21.6. The zero-order valence-electron chi connectivity index (χ0n) is 18.1. The number of rotatable bonds is 9. The van der Waals surface area contributed by atoms with E-state index in [1.165, 1.54) is 48.9 Å². The highest BCUT2D eigenvalue weighted by Crippen LogP contribution is 2.30. The van der Waals surface area contributed by atoms with Crippen molar-refractivity contribution >= 4 is 0 Å². The van der Waals surface area contributed by atoms with Gasteiger partial charge >= 0.3 is 0 Å². The van der Waals surface area contributed by atoms with E-state index in [2.05, 4.69) is 65.6 Å². The van der Waals surface area contributed by atoms with E-state index in [0.29, 0.717) is 5.92 Å². The molecule has 0 spiro atoms. The topological polar surface area (TPSA) is 12.5 Å². The predicted molar refractivity (Wildman–Crippen MR) is 124 cm³/mol. The van der Waals surface area contributed by atoms with Gasteiger partial charge in [0, 0.05) is 19.6 Å². The molecule has 0 aromatic heterocycles. The standard InChI is InChI=1S/C28H32FNO/c29-27-15-17-28(18-16-27)31-22-26-13-11-25(12-14-26)21-30(19-23-7-3-1-4-8-23)20-24-9-5-2-6-10-24/h1-10,15-18,25-26H,11-14,19-22H2. The predicted octanol–water partition coefficient (Wildman–Crippen LogP) is 6.71. The maximum absolute atomic E-state index is 13.0. The van der Waals surface area contributed by atoms with E-state index in [0.717, 1.165) is 37.9 Å². The minimum absolute atomic E-state index is 0.219. The molecule has 4 rings (SSSR count). The maximum Gasteiger partial charge on any atom is 0.123 e. The van der Waals surface area contributed by atoms with Crippen LogP contribution in [0.2, 0.25) is 0 Å². The average molecular weight is 418 g/mol. The molecule has 0 unspecified atom stereocenters. The summed E-state index contributed by atoms with van der Waals surface area (Å²) in [6.45, 7) is 3.85. The number of hydrogen-bond donors (Lipinski definition) is 0. The Morgan fingerprint density at radius 3 is 1.74 bits per heavy atom. The van der Waals surface area contributed by atoms with Crippen LogP contribution < -0.4 is 4.74 Å². The molecule has 3 heteroatoms. The Kier molecular flexibility index (Phi) is 7.73. The highest BCUT2D eigenvalue weighted by atomic mass is 19.1. The van der Waals surface area contributed by atoms with Crippen LogP contribution in [0.4, 0.5) is 4.39 Å². The van der Waals surface area contributed by atoms with Crippen molar-refractivity contribution in [3.8, 4) is 5.75 Å². The third-order valence-corrected chi connectivity index (χ3v) is 6.28. The van der Waals surface area contributed by atoms with Gasteiger partial charge in [-0.25, -0.2) is 4.39 Å². The first-order chi connectivity index (χ1) is 15.2. The van der Waals surface area contributed by atoms with Gasteiger partial charge < -0.3 is 4.74 Å². The summed E-state index contributed by atoms with van der Waals surface area (Å²) in [6, 6.07) is 27.9. The van der Waals surface area contributed by atoms with Crippen molar-refractivity contribution in [3.63, 3.8) is 0 Å². The van der Waals surface area contributed by atoms with Crippen LogP contribution in [0.3, 0.4) is 0 Å². The molecule has 0 saturated heterocycles. The van der Waals surface area contributed by atoms with Gasteiger partial charge in [-0.05, 0) is 72.9 Å². The SMILES string of the molecule is Fc1ccc(OCC2CCC(CN(Cc3ccccc3)Cc3ccccc3)CC2)cc1. The lowest BCUT2D eigenvalue weighted by Crippen LogP contribution is -2.31. The van der Waals surface area contributed by atoms with E-state index in [1.54, 1.807) is 12.1 Å². The molecule has 1 fully saturated rings. The van der Waals surface area contributed by atoms with E-state index >= 15 is 0 Å². The van der Waals surface area contributed by atoms with E-state index in [-0.39, 0.29) is 5.82 Å². The summed E-state index contributed by atoms with van der Waals surface area (Å²) in [5.41, 5.74) is 2.75. The van der Waals surface area contributed by atoms with Crippen LogP contribution in [-0.2, 0) is 13.1 Å². The van der Waals surface area contributed by atoms with Gasteiger partial charge in [0.2, 0.25) is 0 Å². The van der Waals surface area contributed by atoms with Crippen LogP contribution in [0.25, 0.3) is 0 Å². The van der Waals surface area contributed by atoms with Crippen LogP contribution in [0.1, 0.15) is 36.8 Å². The second kappa shape index (κ2) is 11.1. The van der Waals surface area contributed by atoms with E-state index in [1.807, 2.05) is 0 Å². The third-order valence-electron chi connectivity index (χ3n) is 6.28. The van der Waals surface area contributed by atoms with Crippen molar-refractivity contribution in [2.45, 2.75) is 38.8 Å². The molecular weight excluding hydrogens is 385 g/mol. The number of halogens is 1. The zero-order valence-corrected chi connectivity index (χ0v) is 18.1. The highest BCUT2D eigenvalue weighted by Gasteiger charge is 2.23. The Morgan fingerprint density at radius 1 is 0.677 bits per heavy atom. The molecule has 0 aliphatic heterocycles. The minimum atomic E-state index is -0.219. The van der Waals surface area contributed by atoms with Gasteiger partial charge in [-0.15, -0.1) is 0 Å². The number of hydrogen-bond acceptors (Lipinski definition) is 2. The lowest BCUT2D eigenvalue weighted by atomic mass is 9.82. The Balaban J connectivity index is 1.28.